The molecule has 0 radical (unpaired) electrons. The zero-order valence-corrected chi connectivity index (χ0v) is 18.6. The van der Waals surface area contributed by atoms with Gasteiger partial charge in [-0.3, -0.25) is 9.78 Å². The fraction of sp³-hybridized carbons (Fsp3) is 0.0345. The second-order valence-corrected chi connectivity index (χ2v) is 8.37. The van der Waals surface area contributed by atoms with Crippen LogP contribution in [0.15, 0.2) is 97.0 Å². The Labute approximate surface area is 201 Å². The molecule has 3 aromatic carbocycles. The molecule has 0 amide bonds. The first-order chi connectivity index (χ1) is 17.1. The van der Waals surface area contributed by atoms with Gasteiger partial charge >= 0.3 is 0 Å². The summed E-state index contributed by atoms with van der Waals surface area (Å²) in [6.45, 7) is 0.589. The monoisotopic (exact) mass is 460 g/mol. The maximum absolute atomic E-state index is 13.2. The van der Waals surface area contributed by atoms with E-state index in [2.05, 4.69) is 15.6 Å². The van der Waals surface area contributed by atoms with Crippen molar-refractivity contribution in [3.8, 4) is 28.5 Å². The molecule has 0 spiro atoms. The molecule has 3 heterocycles. The van der Waals surface area contributed by atoms with Crippen molar-refractivity contribution in [3.63, 3.8) is 0 Å². The number of hydrogen-bond acceptors (Lipinski definition) is 5. The average Bonchev–Trinajstić information content (AvgIpc) is 3.35. The third kappa shape index (κ3) is 3.52. The lowest BCUT2D eigenvalue weighted by molar-refractivity contribution is 0.101. The highest BCUT2D eigenvalue weighted by Gasteiger charge is 2.32. The van der Waals surface area contributed by atoms with Gasteiger partial charge in [-0.05, 0) is 29.3 Å². The first-order valence-corrected chi connectivity index (χ1v) is 11.2. The van der Waals surface area contributed by atoms with Crippen LogP contribution in [0, 0.1) is 0 Å². The number of ketones is 1. The molecule has 6 heteroatoms. The fourth-order valence-electron chi connectivity index (χ4n) is 4.63. The molecule has 0 saturated heterocycles. The van der Waals surface area contributed by atoms with E-state index in [0.29, 0.717) is 6.54 Å². The van der Waals surface area contributed by atoms with Gasteiger partial charge in [0.15, 0.2) is 5.76 Å². The van der Waals surface area contributed by atoms with Gasteiger partial charge in [0.05, 0.1) is 5.69 Å². The summed E-state index contributed by atoms with van der Waals surface area (Å²) in [4.78, 5) is 17.4. The van der Waals surface area contributed by atoms with E-state index in [0.717, 1.165) is 39.4 Å². The molecule has 2 aromatic heterocycles. The largest absolute Gasteiger partial charge is 0.508 e. The Balaban J connectivity index is 1.59. The van der Waals surface area contributed by atoms with Crippen LogP contribution in [0.1, 0.15) is 21.5 Å². The molecular formula is C29H20N2O4. The number of pyridine rings is 1. The molecule has 35 heavy (non-hydrogen) atoms. The standard InChI is InChI=1S/C29H20N2O4/c32-20-13-24(33)27-25(14-20)35-26(29(27)34)15-22-21-10-4-5-11-23(21)31(17-18-7-6-12-30-16-18)28(22)19-8-2-1-3-9-19/h1-16,32-33H,17H2. The predicted octanol–water partition coefficient (Wildman–Crippen LogP) is 5.78. The number of carbonyl (C=O) groups excluding carboxylic acids is 1. The molecule has 0 saturated carbocycles. The highest BCUT2D eigenvalue weighted by molar-refractivity contribution is 6.17. The molecule has 2 N–H and O–H groups in total. The van der Waals surface area contributed by atoms with Gasteiger partial charge in [-0.1, -0.05) is 54.6 Å². The number of phenolic OH excluding ortho intramolecular Hbond substituents is 2. The Bertz CT molecular complexity index is 1620. The maximum atomic E-state index is 13.2. The molecular weight excluding hydrogens is 440 g/mol. The molecule has 6 nitrogen and oxygen atoms in total. The van der Waals surface area contributed by atoms with Gasteiger partial charge in [-0.2, -0.15) is 0 Å². The number of aromatic hydroxyl groups is 2. The number of Topliss-reactive ketones (excluding diaryl/α,β-unsaturated/α-hetero) is 1. The predicted molar refractivity (Wildman–Crippen MR) is 133 cm³/mol. The lowest BCUT2D eigenvalue weighted by atomic mass is 10.0. The van der Waals surface area contributed by atoms with Crippen molar-refractivity contribution < 1.29 is 19.7 Å². The van der Waals surface area contributed by atoms with Gasteiger partial charge in [-0.25, -0.2) is 0 Å². The first-order valence-electron chi connectivity index (χ1n) is 11.2. The van der Waals surface area contributed by atoms with Crippen molar-refractivity contribution in [2.45, 2.75) is 6.54 Å². The van der Waals surface area contributed by atoms with Crippen LogP contribution in [-0.2, 0) is 6.54 Å². The van der Waals surface area contributed by atoms with E-state index in [1.54, 1.807) is 12.3 Å². The average molecular weight is 460 g/mol. The molecule has 5 aromatic rings. The van der Waals surface area contributed by atoms with E-state index in [-0.39, 0.29) is 28.6 Å². The smallest absolute Gasteiger partial charge is 0.235 e. The van der Waals surface area contributed by atoms with E-state index in [4.69, 9.17) is 4.74 Å². The minimum absolute atomic E-state index is 0.0504. The summed E-state index contributed by atoms with van der Waals surface area (Å²) in [6, 6.07) is 24.4. The van der Waals surface area contributed by atoms with Crippen molar-refractivity contribution >= 4 is 22.8 Å². The SMILES string of the molecule is O=C1C(=Cc2c(-c3ccccc3)n(Cc3cccnc3)c3ccccc23)Oc2cc(O)cc(O)c21. The lowest BCUT2D eigenvalue weighted by Crippen LogP contribution is -2.03. The van der Waals surface area contributed by atoms with E-state index < -0.39 is 5.78 Å². The number of fused-ring (bicyclic) bond motifs is 2. The molecule has 0 aliphatic carbocycles. The summed E-state index contributed by atoms with van der Waals surface area (Å²) in [6.07, 6.45) is 5.32. The number of allylic oxidation sites excluding steroid dienone is 1. The normalized spacial score (nSPS) is 13.8. The molecule has 0 bridgehead atoms. The Morgan fingerprint density at radius 1 is 0.943 bits per heavy atom. The van der Waals surface area contributed by atoms with Crippen molar-refractivity contribution in [3.05, 3.63) is 114 Å². The van der Waals surface area contributed by atoms with E-state index in [1.807, 2.05) is 66.9 Å². The number of phenols is 2. The topological polar surface area (TPSA) is 84.6 Å². The fourth-order valence-corrected chi connectivity index (χ4v) is 4.63. The zero-order valence-electron chi connectivity index (χ0n) is 18.6. The second kappa shape index (κ2) is 8.18. The van der Waals surface area contributed by atoms with Gasteiger partial charge in [0.1, 0.15) is 22.8 Å². The van der Waals surface area contributed by atoms with Crippen LogP contribution in [-0.4, -0.2) is 25.5 Å². The maximum Gasteiger partial charge on any atom is 0.235 e. The molecule has 0 atom stereocenters. The molecule has 1 aliphatic heterocycles. The van der Waals surface area contributed by atoms with Crippen LogP contribution in [0.5, 0.6) is 17.2 Å². The van der Waals surface area contributed by atoms with Gasteiger partial charge in [0, 0.05) is 47.5 Å². The summed E-state index contributed by atoms with van der Waals surface area (Å²) in [5.74, 6) is -0.689. The third-order valence-electron chi connectivity index (χ3n) is 6.13. The molecule has 0 fully saturated rings. The van der Waals surface area contributed by atoms with Crippen LogP contribution in [0.3, 0.4) is 0 Å². The number of rotatable bonds is 4. The van der Waals surface area contributed by atoms with E-state index in [9.17, 15) is 15.0 Å². The molecule has 1 aliphatic rings. The minimum Gasteiger partial charge on any atom is -0.508 e. The van der Waals surface area contributed by atoms with Crippen molar-refractivity contribution in [2.75, 3.05) is 0 Å². The second-order valence-electron chi connectivity index (χ2n) is 8.37. The number of aromatic nitrogens is 2. The van der Waals surface area contributed by atoms with Crippen molar-refractivity contribution in [2.24, 2.45) is 0 Å². The Morgan fingerprint density at radius 3 is 2.54 bits per heavy atom. The number of para-hydroxylation sites is 1. The van der Waals surface area contributed by atoms with Gasteiger partial charge in [-0.15, -0.1) is 0 Å². The Morgan fingerprint density at radius 2 is 1.74 bits per heavy atom. The van der Waals surface area contributed by atoms with Gasteiger partial charge in [0.2, 0.25) is 5.78 Å². The number of carbonyl (C=O) groups is 1. The molecule has 0 unspecified atom stereocenters. The quantitative estimate of drug-likeness (QED) is 0.332. The summed E-state index contributed by atoms with van der Waals surface area (Å²) in [5, 5.41) is 21.0. The number of nitrogens with zero attached hydrogens (tertiary/aromatic N) is 2. The third-order valence-corrected chi connectivity index (χ3v) is 6.13. The van der Waals surface area contributed by atoms with Gasteiger partial charge in [0.25, 0.3) is 0 Å². The van der Waals surface area contributed by atoms with Crippen molar-refractivity contribution in [1.29, 1.82) is 0 Å². The van der Waals surface area contributed by atoms with Crippen LogP contribution in [0.25, 0.3) is 28.2 Å². The Hall–Kier alpha value is -4.84. The van der Waals surface area contributed by atoms with Crippen LogP contribution in [0.4, 0.5) is 0 Å². The summed E-state index contributed by atoms with van der Waals surface area (Å²) in [7, 11) is 0. The number of ether oxygens (including phenoxy) is 1. The molecule has 6 rings (SSSR count). The highest BCUT2D eigenvalue weighted by atomic mass is 16.5. The van der Waals surface area contributed by atoms with Crippen LogP contribution < -0.4 is 4.74 Å². The minimum atomic E-state index is -0.430. The first kappa shape index (κ1) is 20.7. The number of hydrogen-bond donors (Lipinski definition) is 2. The van der Waals surface area contributed by atoms with E-state index in [1.165, 1.54) is 6.07 Å². The van der Waals surface area contributed by atoms with Crippen LogP contribution in [0.2, 0.25) is 0 Å². The summed E-state index contributed by atoms with van der Waals surface area (Å²) in [5.41, 5.74) is 4.85. The number of benzene rings is 3. The van der Waals surface area contributed by atoms with E-state index >= 15 is 0 Å². The summed E-state index contributed by atoms with van der Waals surface area (Å²) >= 11 is 0. The summed E-state index contributed by atoms with van der Waals surface area (Å²) < 4.78 is 8.04. The zero-order chi connectivity index (χ0) is 23.9. The highest BCUT2D eigenvalue weighted by Crippen LogP contribution is 2.42. The van der Waals surface area contributed by atoms with Crippen LogP contribution >= 0.6 is 0 Å². The van der Waals surface area contributed by atoms with Gasteiger partial charge < -0.3 is 19.5 Å². The van der Waals surface area contributed by atoms with Crippen molar-refractivity contribution in [1.82, 2.24) is 9.55 Å². The molecule has 170 valence electrons. The lowest BCUT2D eigenvalue weighted by Gasteiger charge is -2.12. The Kier molecular flexibility index (Phi) is 4.85.